The van der Waals surface area contributed by atoms with Crippen LogP contribution >= 0.6 is 0 Å². The smallest absolute Gasteiger partial charge is 0.231 e. The molecule has 0 fully saturated rings. The van der Waals surface area contributed by atoms with Gasteiger partial charge in [-0.15, -0.1) is 0 Å². The molecule has 0 unspecified atom stereocenters. The van der Waals surface area contributed by atoms with Crippen molar-refractivity contribution in [1.29, 1.82) is 0 Å². The van der Waals surface area contributed by atoms with Crippen LogP contribution in [0, 0.1) is 12.8 Å². The highest BCUT2D eigenvalue weighted by Gasteiger charge is 2.25. The maximum atomic E-state index is 11.6. The molecule has 1 heterocycles. The van der Waals surface area contributed by atoms with Gasteiger partial charge in [0.25, 0.3) is 0 Å². The fraction of sp³-hybridized carbons (Fsp3) is 0.533. The highest BCUT2D eigenvalue weighted by molar-refractivity contribution is 5.79. The molecule has 0 saturated heterocycles. The number of carbonyl (C=O) groups excluding carboxylic acids is 1. The summed E-state index contributed by atoms with van der Waals surface area (Å²) >= 11 is 0. The highest BCUT2D eigenvalue weighted by atomic mass is 16.7. The Morgan fingerprint density at radius 2 is 1.94 bits per heavy atom. The van der Waals surface area contributed by atoms with Gasteiger partial charge in [-0.3, -0.25) is 4.79 Å². The summed E-state index contributed by atoms with van der Waals surface area (Å²) in [6, 6.07) is 4.04. The number of hydrogen-bond donors (Lipinski definition) is 0. The maximum absolute atomic E-state index is 11.6. The van der Waals surface area contributed by atoms with Crippen molar-refractivity contribution in [2.45, 2.75) is 40.0 Å². The summed E-state index contributed by atoms with van der Waals surface area (Å²) in [4.78, 5) is 11.6. The van der Waals surface area contributed by atoms with E-state index in [0.29, 0.717) is 0 Å². The van der Waals surface area contributed by atoms with Crippen LogP contribution in [0.25, 0.3) is 0 Å². The van der Waals surface area contributed by atoms with Gasteiger partial charge in [-0.2, -0.15) is 0 Å². The number of Topliss-reactive ketones (excluding diaryl/α,β-unsaturated/α-hetero) is 1. The van der Waals surface area contributed by atoms with E-state index < -0.39 is 0 Å². The lowest BCUT2D eigenvalue weighted by molar-refractivity contribution is -0.120. The Morgan fingerprint density at radius 1 is 1.33 bits per heavy atom. The lowest BCUT2D eigenvalue weighted by atomic mass is 9.81. The highest BCUT2D eigenvalue weighted by Crippen LogP contribution is 2.40. The van der Waals surface area contributed by atoms with E-state index in [1.54, 1.807) is 6.92 Å². The molecule has 18 heavy (non-hydrogen) atoms. The molecule has 0 bridgehead atoms. The number of ether oxygens (including phenoxy) is 2. The van der Waals surface area contributed by atoms with Gasteiger partial charge in [-0.25, -0.2) is 0 Å². The average Bonchev–Trinajstić information content (AvgIpc) is 2.76. The predicted octanol–water partition coefficient (Wildman–Crippen LogP) is 3.44. The Bertz CT molecular complexity index is 465. The predicted molar refractivity (Wildman–Crippen MR) is 70.2 cm³/mol. The number of ketones is 1. The first kappa shape index (κ1) is 12.9. The minimum atomic E-state index is 0.0362. The lowest BCUT2D eigenvalue weighted by Crippen LogP contribution is -2.17. The van der Waals surface area contributed by atoms with E-state index in [-0.39, 0.29) is 24.4 Å². The molecule has 0 aliphatic carbocycles. The first-order valence-corrected chi connectivity index (χ1v) is 6.45. The Labute approximate surface area is 108 Å². The van der Waals surface area contributed by atoms with Crippen LogP contribution in [0.2, 0.25) is 0 Å². The van der Waals surface area contributed by atoms with E-state index in [2.05, 4.69) is 13.8 Å². The summed E-state index contributed by atoms with van der Waals surface area (Å²) < 4.78 is 10.8. The van der Waals surface area contributed by atoms with E-state index in [0.717, 1.165) is 17.9 Å². The van der Waals surface area contributed by atoms with Gasteiger partial charge in [0, 0.05) is 5.92 Å². The number of hydrogen-bond acceptors (Lipinski definition) is 3. The molecule has 2 atom stereocenters. The zero-order chi connectivity index (χ0) is 13.3. The quantitative estimate of drug-likeness (QED) is 0.818. The summed E-state index contributed by atoms with van der Waals surface area (Å²) in [6.45, 7) is 8.13. The molecule has 0 saturated carbocycles. The van der Waals surface area contributed by atoms with Gasteiger partial charge in [-0.1, -0.05) is 13.8 Å². The second kappa shape index (κ2) is 5.01. The molecule has 3 nitrogen and oxygen atoms in total. The van der Waals surface area contributed by atoms with Gasteiger partial charge >= 0.3 is 0 Å². The van der Waals surface area contributed by atoms with Crippen molar-refractivity contribution in [3.63, 3.8) is 0 Å². The standard InChI is InChI=1S/C15H20O3/c1-5-12(10(3)11(4)16)13-7-15-14(6-9(13)2)17-8-18-15/h6-7,10,12H,5,8H2,1-4H3/t10-,12-/m0/s1. The van der Waals surface area contributed by atoms with Gasteiger partial charge in [0.15, 0.2) is 11.5 Å². The summed E-state index contributed by atoms with van der Waals surface area (Å²) in [5.74, 6) is 2.12. The molecule has 0 aromatic heterocycles. The van der Waals surface area contributed by atoms with Crippen LogP contribution in [0.5, 0.6) is 11.5 Å². The van der Waals surface area contributed by atoms with Gasteiger partial charge in [0.05, 0.1) is 0 Å². The molecule has 0 N–H and O–H groups in total. The van der Waals surface area contributed by atoms with E-state index in [1.807, 2.05) is 19.1 Å². The molecule has 1 aliphatic heterocycles. The van der Waals surface area contributed by atoms with Crippen molar-refractivity contribution in [3.8, 4) is 11.5 Å². The largest absolute Gasteiger partial charge is 0.454 e. The topological polar surface area (TPSA) is 35.5 Å². The zero-order valence-electron chi connectivity index (χ0n) is 11.4. The fourth-order valence-corrected chi connectivity index (χ4v) is 2.58. The second-order valence-corrected chi connectivity index (χ2v) is 4.98. The van der Waals surface area contributed by atoms with Crippen LogP contribution < -0.4 is 9.47 Å². The van der Waals surface area contributed by atoms with Crippen LogP contribution in [0.3, 0.4) is 0 Å². The van der Waals surface area contributed by atoms with Crippen LogP contribution in [-0.2, 0) is 4.79 Å². The van der Waals surface area contributed by atoms with Crippen molar-refractivity contribution in [1.82, 2.24) is 0 Å². The van der Waals surface area contributed by atoms with E-state index in [4.69, 9.17) is 9.47 Å². The molecule has 0 radical (unpaired) electrons. The Balaban J connectivity index is 2.39. The monoisotopic (exact) mass is 248 g/mol. The Kier molecular flexibility index (Phi) is 3.60. The molecule has 2 rings (SSSR count). The molecule has 1 aromatic rings. The summed E-state index contributed by atoms with van der Waals surface area (Å²) in [6.07, 6.45) is 0.946. The number of aryl methyl sites for hydroxylation is 1. The third-order valence-corrected chi connectivity index (χ3v) is 3.85. The van der Waals surface area contributed by atoms with Crippen molar-refractivity contribution in [2.24, 2.45) is 5.92 Å². The molecule has 0 amide bonds. The zero-order valence-corrected chi connectivity index (χ0v) is 11.4. The fourth-order valence-electron chi connectivity index (χ4n) is 2.58. The van der Waals surface area contributed by atoms with Gasteiger partial charge < -0.3 is 9.47 Å². The van der Waals surface area contributed by atoms with Gasteiger partial charge in [-0.05, 0) is 49.4 Å². The van der Waals surface area contributed by atoms with E-state index >= 15 is 0 Å². The normalized spacial score (nSPS) is 16.4. The third kappa shape index (κ3) is 2.22. The van der Waals surface area contributed by atoms with Crippen LogP contribution in [0.15, 0.2) is 12.1 Å². The van der Waals surface area contributed by atoms with Crippen molar-refractivity contribution < 1.29 is 14.3 Å². The SMILES string of the molecule is CC[C@H](c1cc2c(cc1C)OCO2)[C@@H](C)C(C)=O. The van der Waals surface area contributed by atoms with Gasteiger partial charge in [0.2, 0.25) is 6.79 Å². The van der Waals surface area contributed by atoms with Crippen LogP contribution in [0.4, 0.5) is 0 Å². The van der Waals surface area contributed by atoms with Crippen LogP contribution in [-0.4, -0.2) is 12.6 Å². The first-order chi connectivity index (χ1) is 8.54. The number of fused-ring (bicyclic) bond motifs is 1. The van der Waals surface area contributed by atoms with Crippen molar-refractivity contribution in [3.05, 3.63) is 23.3 Å². The average molecular weight is 248 g/mol. The van der Waals surface area contributed by atoms with E-state index in [9.17, 15) is 4.79 Å². The summed E-state index contributed by atoms with van der Waals surface area (Å²) in [5, 5.41) is 0. The minimum absolute atomic E-state index is 0.0362. The minimum Gasteiger partial charge on any atom is -0.454 e. The molecule has 3 heteroatoms. The van der Waals surface area contributed by atoms with Crippen LogP contribution in [0.1, 0.15) is 44.2 Å². The lowest BCUT2D eigenvalue weighted by Gasteiger charge is -2.23. The number of carbonyl (C=O) groups is 1. The molecular weight excluding hydrogens is 228 g/mol. The number of rotatable bonds is 4. The molecule has 98 valence electrons. The Hall–Kier alpha value is -1.51. The Morgan fingerprint density at radius 3 is 2.50 bits per heavy atom. The maximum Gasteiger partial charge on any atom is 0.231 e. The van der Waals surface area contributed by atoms with Gasteiger partial charge in [0.1, 0.15) is 5.78 Å². The molecule has 1 aromatic carbocycles. The van der Waals surface area contributed by atoms with E-state index in [1.165, 1.54) is 11.1 Å². The second-order valence-electron chi connectivity index (χ2n) is 4.98. The molecule has 0 spiro atoms. The van der Waals surface area contributed by atoms with Crippen molar-refractivity contribution >= 4 is 5.78 Å². The molecular formula is C15H20O3. The summed E-state index contributed by atoms with van der Waals surface area (Å²) in [7, 11) is 0. The number of benzene rings is 1. The third-order valence-electron chi connectivity index (χ3n) is 3.85. The molecule has 1 aliphatic rings. The van der Waals surface area contributed by atoms with Crippen molar-refractivity contribution in [2.75, 3.05) is 6.79 Å². The first-order valence-electron chi connectivity index (χ1n) is 6.45. The summed E-state index contributed by atoms with van der Waals surface area (Å²) in [5.41, 5.74) is 2.36.